The molecule has 0 aromatic rings. The highest BCUT2D eigenvalue weighted by atomic mass is 16.3. The minimum Gasteiger partial charge on any atom is -0.388 e. The SMILES string of the molecule is CCNC(C)C1(O)CCN2CCC1C2. The van der Waals surface area contributed by atoms with Crippen LogP contribution in [0.1, 0.15) is 26.7 Å². The zero-order valence-electron chi connectivity index (χ0n) is 9.29. The van der Waals surface area contributed by atoms with Gasteiger partial charge in [-0.25, -0.2) is 0 Å². The first-order valence-corrected chi connectivity index (χ1v) is 5.85. The van der Waals surface area contributed by atoms with Gasteiger partial charge >= 0.3 is 0 Å². The summed E-state index contributed by atoms with van der Waals surface area (Å²) in [5.41, 5.74) is -0.455. The van der Waals surface area contributed by atoms with Gasteiger partial charge in [-0.3, -0.25) is 0 Å². The van der Waals surface area contributed by atoms with Gasteiger partial charge < -0.3 is 15.3 Å². The Bertz CT molecular complexity index is 209. The van der Waals surface area contributed by atoms with Crippen molar-refractivity contribution < 1.29 is 5.11 Å². The molecule has 2 aliphatic heterocycles. The van der Waals surface area contributed by atoms with Crippen molar-refractivity contribution in [1.29, 1.82) is 0 Å². The van der Waals surface area contributed by atoms with E-state index in [9.17, 15) is 5.11 Å². The predicted octanol–water partition coefficient (Wildman–Crippen LogP) is 0.441. The number of hydrogen-bond donors (Lipinski definition) is 2. The van der Waals surface area contributed by atoms with Gasteiger partial charge in [0.05, 0.1) is 5.60 Å². The monoisotopic (exact) mass is 198 g/mol. The maximum atomic E-state index is 10.7. The van der Waals surface area contributed by atoms with E-state index in [0.717, 1.165) is 26.1 Å². The third-order valence-electron chi connectivity index (χ3n) is 4.07. The molecule has 0 saturated carbocycles. The second kappa shape index (κ2) is 3.80. The van der Waals surface area contributed by atoms with E-state index >= 15 is 0 Å². The molecule has 3 heteroatoms. The normalized spacial score (nSPS) is 43.9. The van der Waals surface area contributed by atoms with Crippen molar-refractivity contribution >= 4 is 0 Å². The third-order valence-corrected chi connectivity index (χ3v) is 4.07. The quantitative estimate of drug-likeness (QED) is 0.691. The molecule has 3 nitrogen and oxygen atoms in total. The van der Waals surface area contributed by atoms with Crippen LogP contribution >= 0.6 is 0 Å². The molecule has 2 fully saturated rings. The second-order valence-corrected chi connectivity index (χ2v) is 4.81. The Morgan fingerprint density at radius 1 is 1.57 bits per heavy atom. The Hall–Kier alpha value is -0.120. The topological polar surface area (TPSA) is 35.5 Å². The highest BCUT2D eigenvalue weighted by molar-refractivity contribution is 5.02. The van der Waals surface area contributed by atoms with Crippen LogP contribution in [-0.4, -0.2) is 47.8 Å². The zero-order chi connectivity index (χ0) is 10.2. The molecule has 4 unspecified atom stereocenters. The Morgan fingerprint density at radius 3 is 3.07 bits per heavy atom. The molecule has 2 bridgehead atoms. The third kappa shape index (κ3) is 1.58. The van der Waals surface area contributed by atoms with Gasteiger partial charge in [-0.2, -0.15) is 0 Å². The minimum atomic E-state index is -0.455. The Kier molecular flexibility index (Phi) is 2.82. The van der Waals surface area contributed by atoms with Gasteiger partial charge in [-0.1, -0.05) is 6.92 Å². The zero-order valence-corrected chi connectivity index (χ0v) is 9.29. The maximum Gasteiger partial charge on any atom is 0.0850 e. The van der Waals surface area contributed by atoms with Crippen LogP contribution in [0.4, 0.5) is 0 Å². The number of hydrogen-bond acceptors (Lipinski definition) is 3. The van der Waals surface area contributed by atoms with Gasteiger partial charge in [0.25, 0.3) is 0 Å². The summed E-state index contributed by atoms with van der Waals surface area (Å²) in [5.74, 6) is 0.491. The van der Waals surface area contributed by atoms with Crippen molar-refractivity contribution in [3.63, 3.8) is 0 Å². The molecule has 2 heterocycles. The van der Waals surface area contributed by atoms with E-state index < -0.39 is 5.60 Å². The lowest BCUT2D eigenvalue weighted by Gasteiger charge is -2.43. The van der Waals surface area contributed by atoms with E-state index in [-0.39, 0.29) is 6.04 Å². The van der Waals surface area contributed by atoms with Crippen LogP contribution in [0.5, 0.6) is 0 Å². The summed E-state index contributed by atoms with van der Waals surface area (Å²) >= 11 is 0. The fourth-order valence-electron chi connectivity index (χ4n) is 3.04. The summed E-state index contributed by atoms with van der Waals surface area (Å²) in [6.45, 7) is 8.53. The summed E-state index contributed by atoms with van der Waals surface area (Å²) in [6.07, 6.45) is 2.11. The molecule has 2 N–H and O–H groups in total. The smallest absolute Gasteiger partial charge is 0.0850 e. The van der Waals surface area contributed by atoms with E-state index in [1.54, 1.807) is 0 Å². The van der Waals surface area contributed by atoms with Gasteiger partial charge in [-0.15, -0.1) is 0 Å². The van der Waals surface area contributed by atoms with E-state index in [2.05, 4.69) is 24.1 Å². The van der Waals surface area contributed by atoms with Crippen molar-refractivity contribution in [1.82, 2.24) is 10.2 Å². The largest absolute Gasteiger partial charge is 0.388 e. The standard InChI is InChI=1S/C11H22N2O/c1-3-12-9(2)11(14)5-7-13-6-4-10(11)8-13/h9-10,12,14H,3-8H2,1-2H3. The van der Waals surface area contributed by atoms with Gasteiger partial charge in [0.2, 0.25) is 0 Å². The second-order valence-electron chi connectivity index (χ2n) is 4.81. The summed E-state index contributed by atoms with van der Waals surface area (Å²) in [4.78, 5) is 2.47. The molecule has 2 saturated heterocycles. The molecule has 2 rings (SSSR count). The van der Waals surface area contributed by atoms with Crippen LogP contribution < -0.4 is 5.32 Å². The van der Waals surface area contributed by atoms with E-state index in [4.69, 9.17) is 0 Å². The van der Waals surface area contributed by atoms with Crippen LogP contribution in [0.2, 0.25) is 0 Å². The molecule has 82 valence electrons. The summed E-state index contributed by atoms with van der Waals surface area (Å²) in [7, 11) is 0. The van der Waals surface area contributed by atoms with Crippen molar-refractivity contribution in [2.75, 3.05) is 26.2 Å². The Balaban J connectivity index is 2.06. The highest BCUT2D eigenvalue weighted by Crippen LogP contribution is 2.37. The van der Waals surface area contributed by atoms with Crippen LogP contribution in [0, 0.1) is 5.92 Å². The molecule has 2 aliphatic rings. The number of fused-ring (bicyclic) bond motifs is 2. The number of rotatable bonds is 3. The van der Waals surface area contributed by atoms with E-state index in [1.165, 1.54) is 13.0 Å². The van der Waals surface area contributed by atoms with Crippen LogP contribution in [-0.2, 0) is 0 Å². The van der Waals surface area contributed by atoms with E-state index in [1.807, 2.05) is 0 Å². The van der Waals surface area contributed by atoms with Gasteiger partial charge in [0.1, 0.15) is 0 Å². The summed E-state index contributed by atoms with van der Waals surface area (Å²) in [5, 5.41) is 14.0. The summed E-state index contributed by atoms with van der Waals surface area (Å²) in [6, 6.07) is 0.234. The number of nitrogens with zero attached hydrogens (tertiary/aromatic N) is 1. The van der Waals surface area contributed by atoms with E-state index in [0.29, 0.717) is 5.92 Å². The van der Waals surface area contributed by atoms with Crippen LogP contribution in [0.25, 0.3) is 0 Å². The van der Waals surface area contributed by atoms with Crippen LogP contribution in [0.15, 0.2) is 0 Å². The molecule has 4 atom stereocenters. The molecule has 0 spiro atoms. The van der Waals surface area contributed by atoms with Crippen molar-refractivity contribution in [3.05, 3.63) is 0 Å². The molecule has 0 amide bonds. The molecule has 0 aromatic heterocycles. The molecule has 0 aliphatic carbocycles. The Morgan fingerprint density at radius 2 is 2.36 bits per heavy atom. The first-order chi connectivity index (χ1) is 6.66. The highest BCUT2D eigenvalue weighted by Gasteiger charge is 2.47. The average Bonchev–Trinajstić information content (AvgIpc) is 2.58. The van der Waals surface area contributed by atoms with Crippen molar-refractivity contribution in [3.8, 4) is 0 Å². The number of aliphatic hydroxyl groups is 1. The van der Waals surface area contributed by atoms with Crippen molar-refractivity contribution in [2.24, 2.45) is 5.92 Å². The van der Waals surface area contributed by atoms with Gasteiger partial charge in [-0.05, 0) is 32.9 Å². The van der Waals surface area contributed by atoms with Gasteiger partial charge in [0.15, 0.2) is 0 Å². The fourth-order valence-corrected chi connectivity index (χ4v) is 3.04. The van der Waals surface area contributed by atoms with Crippen LogP contribution in [0.3, 0.4) is 0 Å². The molecule has 0 radical (unpaired) electrons. The molecule has 0 aromatic carbocycles. The first-order valence-electron chi connectivity index (χ1n) is 5.85. The predicted molar refractivity (Wildman–Crippen MR) is 57.3 cm³/mol. The molecular weight excluding hydrogens is 176 g/mol. The number of nitrogens with one attached hydrogen (secondary N) is 1. The fraction of sp³-hybridized carbons (Fsp3) is 1.00. The molecule has 14 heavy (non-hydrogen) atoms. The minimum absolute atomic E-state index is 0.234. The molecular formula is C11H22N2O. The maximum absolute atomic E-state index is 10.7. The lowest BCUT2D eigenvalue weighted by atomic mass is 9.77. The lowest BCUT2D eigenvalue weighted by Crippen LogP contribution is -2.57. The lowest BCUT2D eigenvalue weighted by molar-refractivity contribution is -0.0685. The average molecular weight is 198 g/mol. The number of piperidine rings is 1. The number of likely N-dealkylation sites (N-methyl/N-ethyl adjacent to an activating group) is 1. The first kappa shape index (κ1) is 10.4. The Labute approximate surface area is 86.5 Å². The summed E-state index contributed by atoms with van der Waals surface area (Å²) < 4.78 is 0. The van der Waals surface area contributed by atoms with Gasteiger partial charge in [0, 0.05) is 25.0 Å². The van der Waals surface area contributed by atoms with Crippen molar-refractivity contribution in [2.45, 2.75) is 38.3 Å².